The van der Waals surface area contributed by atoms with Gasteiger partial charge in [-0.05, 0) is 43.0 Å². The third-order valence-corrected chi connectivity index (χ3v) is 4.42. The summed E-state index contributed by atoms with van der Waals surface area (Å²) in [5.41, 5.74) is 1.72. The largest absolute Gasteiger partial charge is 0.356 e. The van der Waals surface area contributed by atoms with E-state index in [9.17, 15) is 10.1 Å². The van der Waals surface area contributed by atoms with Crippen LogP contribution in [0, 0.1) is 10.1 Å². The van der Waals surface area contributed by atoms with Gasteiger partial charge in [0.25, 0.3) is 5.69 Å². The average molecular weight is 360 g/mol. The standard InChI is InChI=1S/C16H14ClN5O3/c17-16-18-5-4-12(20-16)10-7-13-11(14(8-10)22(23)24)9-19-21(13)15-3-1-2-6-25-15/h4-5,7-9,15H,1-3,6H2. The van der Waals surface area contributed by atoms with Crippen LogP contribution >= 0.6 is 11.6 Å². The van der Waals surface area contributed by atoms with Gasteiger partial charge in [0.2, 0.25) is 5.28 Å². The first-order chi connectivity index (χ1) is 12.1. The second-order valence-electron chi connectivity index (χ2n) is 5.81. The van der Waals surface area contributed by atoms with Gasteiger partial charge >= 0.3 is 0 Å². The summed E-state index contributed by atoms with van der Waals surface area (Å²) < 4.78 is 7.50. The van der Waals surface area contributed by atoms with Gasteiger partial charge in [-0.15, -0.1) is 0 Å². The van der Waals surface area contributed by atoms with Crippen LogP contribution in [0.5, 0.6) is 0 Å². The number of ether oxygens (including phenoxy) is 1. The van der Waals surface area contributed by atoms with Gasteiger partial charge in [-0.1, -0.05) is 0 Å². The highest BCUT2D eigenvalue weighted by Crippen LogP contribution is 2.34. The van der Waals surface area contributed by atoms with E-state index in [1.54, 1.807) is 10.7 Å². The minimum atomic E-state index is -0.414. The molecule has 1 aliphatic heterocycles. The Kier molecular flexibility index (Phi) is 4.06. The summed E-state index contributed by atoms with van der Waals surface area (Å²) in [6.07, 6.45) is 5.70. The molecule has 3 heterocycles. The molecule has 0 radical (unpaired) electrons. The van der Waals surface area contributed by atoms with Crippen molar-refractivity contribution >= 4 is 28.2 Å². The molecular formula is C16H14ClN5O3. The van der Waals surface area contributed by atoms with Crippen molar-refractivity contribution < 1.29 is 9.66 Å². The lowest BCUT2D eigenvalue weighted by molar-refractivity contribution is -0.383. The van der Waals surface area contributed by atoms with E-state index in [4.69, 9.17) is 16.3 Å². The van der Waals surface area contributed by atoms with Crippen molar-refractivity contribution in [2.75, 3.05) is 6.61 Å². The second kappa shape index (κ2) is 6.38. The molecule has 4 rings (SSSR count). The quantitative estimate of drug-likeness (QED) is 0.401. The molecule has 0 amide bonds. The number of benzene rings is 1. The van der Waals surface area contributed by atoms with E-state index in [0.717, 1.165) is 19.3 Å². The molecule has 25 heavy (non-hydrogen) atoms. The minimum Gasteiger partial charge on any atom is -0.356 e. The van der Waals surface area contributed by atoms with Crippen molar-refractivity contribution in [2.24, 2.45) is 0 Å². The first kappa shape index (κ1) is 15.9. The molecule has 0 bridgehead atoms. The Hall–Kier alpha value is -2.58. The summed E-state index contributed by atoms with van der Waals surface area (Å²) in [7, 11) is 0. The van der Waals surface area contributed by atoms with Crippen LogP contribution in [0.1, 0.15) is 25.5 Å². The summed E-state index contributed by atoms with van der Waals surface area (Å²) in [4.78, 5) is 19.1. The van der Waals surface area contributed by atoms with Crippen molar-refractivity contribution in [1.29, 1.82) is 0 Å². The zero-order chi connectivity index (χ0) is 17.4. The van der Waals surface area contributed by atoms with Gasteiger partial charge in [-0.2, -0.15) is 5.10 Å². The summed E-state index contributed by atoms with van der Waals surface area (Å²) in [5, 5.41) is 16.4. The van der Waals surface area contributed by atoms with E-state index in [-0.39, 0.29) is 17.2 Å². The zero-order valence-corrected chi connectivity index (χ0v) is 13.9. The number of non-ortho nitro benzene ring substituents is 1. The Labute approximate surface area is 147 Å². The van der Waals surface area contributed by atoms with Crippen LogP contribution in [-0.4, -0.2) is 31.3 Å². The molecule has 0 saturated carbocycles. The Morgan fingerprint density at radius 2 is 2.24 bits per heavy atom. The van der Waals surface area contributed by atoms with Gasteiger partial charge in [0, 0.05) is 24.4 Å². The van der Waals surface area contributed by atoms with Crippen molar-refractivity contribution in [1.82, 2.24) is 19.7 Å². The van der Waals surface area contributed by atoms with Crippen LogP contribution in [0.15, 0.2) is 30.6 Å². The van der Waals surface area contributed by atoms with E-state index < -0.39 is 4.92 Å². The van der Waals surface area contributed by atoms with Crippen molar-refractivity contribution in [3.05, 3.63) is 46.0 Å². The second-order valence-corrected chi connectivity index (χ2v) is 6.14. The Balaban J connectivity index is 1.91. The van der Waals surface area contributed by atoms with Gasteiger partial charge in [0.05, 0.1) is 27.7 Å². The van der Waals surface area contributed by atoms with Crippen LogP contribution in [0.4, 0.5) is 5.69 Å². The van der Waals surface area contributed by atoms with Crippen LogP contribution in [0.3, 0.4) is 0 Å². The molecule has 0 N–H and O–H groups in total. The highest BCUT2D eigenvalue weighted by molar-refractivity contribution is 6.28. The number of nitrogens with zero attached hydrogens (tertiary/aromatic N) is 5. The van der Waals surface area contributed by atoms with E-state index in [2.05, 4.69) is 15.1 Å². The van der Waals surface area contributed by atoms with E-state index in [1.807, 2.05) is 6.07 Å². The predicted octanol–water partition coefficient (Wildman–Crippen LogP) is 3.75. The first-order valence-corrected chi connectivity index (χ1v) is 8.27. The number of aromatic nitrogens is 4. The maximum atomic E-state index is 11.5. The van der Waals surface area contributed by atoms with Crippen molar-refractivity contribution in [3.8, 4) is 11.3 Å². The normalized spacial score (nSPS) is 17.7. The molecule has 1 saturated heterocycles. The molecule has 9 heteroatoms. The van der Waals surface area contributed by atoms with Crippen LogP contribution in [0.2, 0.25) is 5.28 Å². The molecule has 1 unspecified atom stereocenters. The van der Waals surface area contributed by atoms with Crippen molar-refractivity contribution in [2.45, 2.75) is 25.5 Å². The number of halogens is 1. The fourth-order valence-corrected chi connectivity index (χ4v) is 3.22. The zero-order valence-electron chi connectivity index (χ0n) is 13.1. The van der Waals surface area contributed by atoms with E-state index in [1.165, 1.54) is 18.5 Å². The summed E-state index contributed by atoms with van der Waals surface area (Å²) in [6, 6.07) is 4.97. The molecule has 8 nitrogen and oxygen atoms in total. The summed E-state index contributed by atoms with van der Waals surface area (Å²) >= 11 is 5.85. The molecule has 0 spiro atoms. The topological polar surface area (TPSA) is 96.0 Å². The summed E-state index contributed by atoms with van der Waals surface area (Å²) in [5.74, 6) is 0. The number of rotatable bonds is 3. The van der Waals surface area contributed by atoms with Gasteiger partial charge in [0.15, 0.2) is 6.23 Å². The van der Waals surface area contributed by atoms with Crippen molar-refractivity contribution in [3.63, 3.8) is 0 Å². The fourth-order valence-electron chi connectivity index (χ4n) is 3.07. The van der Waals surface area contributed by atoms with Gasteiger partial charge in [0.1, 0.15) is 0 Å². The number of nitro benzene ring substituents is 1. The van der Waals surface area contributed by atoms with Gasteiger partial charge < -0.3 is 4.74 Å². The van der Waals surface area contributed by atoms with E-state index >= 15 is 0 Å². The maximum absolute atomic E-state index is 11.5. The van der Waals surface area contributed by atoms with Crippen LogP contribution in [-0.2, 0) is 4.74 Å². The highest BCUT2D eigenvalue weighted by Gasteiger charge is 2.23. The molecule has 2 aromatic heterocycles. The molecule has 1 aromatic carbocycles. The molecular weight excluding hydrogens is 346 g/mol. The summed E-state index contributed by atoms with van der Waals surface area (Å²) in [6.45, 7) is 0.662. The number of hydrogen-bond acceptors (Lipinski definition) is 6. The van der Waals surface area contributed by atoms with Gasteiger partial charge in [-0.25, -0.2) is 14.6 Å². The lowest BCUT2D eigenvalue weighted by Gasteiger charge is -2.23. The highest BCUT2D eigenvalue weighted by atomic mass is 35.5. The smallest absolute Gasteiger partial charge is 0.281 e. The van der Waals surface area contributed by atoms with Gasteiger partial charge in [-0.3, -0.25) is 10.1 Å². The molecule has 128 valence electrons. The molecule has 1 aliphatic rings. The fraction of sp³-hybridized carbons (Fsp3) is 0.312. The lowest BCUT2D eigenvalue weighted by Crippen LogP contribution is -2.19. The number of hydrogen-bond donors (Lipinski definition) is 0. The molecule has 0 aliphatic carbocycles. The third kappa shape index (κ3) is 2.94. The Bertz CT molecular complexity index is 952. The Morgan fingerprint density at radius 1 is 1.36 bits per heavy atom. The van der Waals surface area contributed by atoms with Crippen LogP contribution in [0.25, 0.3) is 22.2 Å². The first-order valence-electron chi connectivity index (χ1n) is 7.89. The Morgan fingerprint density at radius 3 is 2.96 bits per heavy atom. The average Bonchev–Trinajstić information content (AvgIpc) is 3.05. The molecule has 1 fully saturated rings. The number of nitro groups is 1. The number of fused-ring (bicyclic) bond motifs is 1. The minimum absolute atomic E-state index is 0.0238. The SMILES string of the molecule is O=[N+]([O-])c1cc(-c2ccnc(Cl)n2)cc2c1cnn2C1CCCCO1. The predicted molar refractivity (Wildman–Crippen MR) is 91.3 cm³/mol. The van der Waals surface area contributed by atoms with Crippen LogP contribution < -0.4 is 0 Å². The molecule has 1 atom stereocenters. The lowest BCUT2D eigenvalue weighted by atomic mass is 10.1. The maximum Gasteiger partial charge on any atom is 0.281 e. The van der Waals surface area contributed by atoms with E-state index in [0.29, 0.717) is 28.8 Å². The third-order valence-electron chi connectivity index (χ3n) is 4.24. The monoisotopic (exact) mass is 359 g/mol. The molecule has 3 aromatic rings.